The Bertz CT molecular complexity index is 649. The molecule has 1 unspecified atom stereocenters. The third kappa shape index (κ3) is 5.79. The van der Waals surface area contributed by atoms with Crippen molar-refractivity contribution in [2.45, 2.75) is 39.7 Å². The van der Waals surface area contributed by atoms with Crippen molar-refractivity contribution in [3.05, 3.63) is 29.8 Å². The van der Waals surface area contributed by atoms with Crippen LogP contribution in [0.3, 0.4) is 0 Å². The Morgan fingerprint density at radius 3 is 2.64 bits per heavy atom. The molecule has 0 aromatic heterocycles. The molecule has 0 radical (unpaired) electrons. The number of thiocarbonyl (C=S) groups is 1. The molecule has 1 atom stereocenters. The van der Waals surface area contributed by atoms with Crippen LogP contribution in [0, 0.1) is 5.41 Å². The number of para-hydroxylation sites is 1. The van der Waals surface area contributed by atoms with Crippen LogP contribution in [0.1, 0.15) is 44.0 Å². The Kier molecular flexibility index (Phi) is 6.50. The average molecular weight is 363 g/mol. The van der Waals surface area contributed by atoms with E-state index in [1.54, 1.807) is 45.0 Å². The van der Waals surface area contributed by atoms with E-state index in [4.69, 9.17) is 17.0 Å². The van der Waals surface area contributed by atoms with Crippen LogP contribution in [-0.4, -0.2) is 36.2 Å². The molecule has 1 fully saturated rings. The first-order valence-corrected chi connectivity index (χ1v) is 8.79. The minimum Gasteiger partial charge on any atom is -0.376 e. The second-order valence-electron chi connectivity index (χ2n) is 7.05. The van der Waals surface area contributed by atoms with Gasteiger partial charge in [-0.25, -0.2) is 0 Å². The predicted molar refractivity (Wildman–Crippen MR) is 102 cm³/mol. The second kappa shape index (κ2) is 8.40. The normalized spacial score (nSPS) is 17.0. The number of ether oxygens (including phenoxy) is 1. The van der Waals surface area contributed by atoms with Crippen molar-refractivity contribution in [2.75, 3.05) is 18.5 Å². The van der Waals surface area contributed by atoms with Gasteiger partial charge in [-0.2, -0.15) is 0 Å². The van der Waals surface area contributed by atoms with Crippen molar-refractivity contribution >= 4 is 34.8 Å². The standard InChI is InChI=1S/C18H25N3O3S/c1-18(2,3)16(23)21-17(25)20-14-9-5-4-8-13(14)15(22)19-11-12-7-6-10-24-12/h4-5,8-9,12H,6-7,10-11H2,1-3H3,(H,19,22)(H2,20,21,23,25). The summed E-state index contributed by atoms with van der Waals surface area (Å²) in [7, 11) is 0. The van der Waals surface area contributed by atoms with Gasteiger partial charge >= 0.3 is 0 Å². The molecule has 1 saturated heterocycles. The maximum absolute atomic E-state index is 12.4. The van der Waals surface area contributed by atoms with Gasteiger partial charge in [0.25, 0.3) is 5.91 Å². The first-order chi connectivity index (χ1) is 11.8. The summed E-state index contributed by atoms with van der Waals surface area (Å²) in [5, 5.41) is 8.62. The number of rotatable bonds is 4. The van der Waals surface area contributed by atoms with Crippen LogP contribution < -0.4 is 16.0 Å². The fourth-order valence-electron chi connectivity index (χ4n) is 2.34. The largest absolute Gasteiger partial charge is 0.376 e. The van der Waals surface area contributed by atoms with Crippen LogP contribution >= 0.6 is 12.2 Å². The molecule has 0 saturated carbocycles. The van der Waals surface area contributed by atoms with Gasteiger partial charge in [0.05, 0.1) is 17.4 Å². The van der Waals surface area contributed by atoms with Gasteiger partial charge in [0, 0.05) is 18.6 Å². The average Bonchev–Trinajstić information content (AvgIpc) is 3.05. The number of hydrogen-bond acceptors (Lipinski definition) is 4. The van der Waals surface area contributed by atoms with Crippen molar-refractivity contribution in [2.24, 2.45) is 5.41 Å². The van der Waals surface area contributed by atoms with Gasteiger partial charge < -0.3 is 20.7 Å². The molecule has 7 heteroatoms. The molecule has 1 aromatic rings. The molecular formula is C18H25N3O3S. The molecule has 2 rings (SSSR count). The number of carbonyl (C=O) groups excluding carboxylic acids is 2. The van der Waals surface area contributed by atoms with Crippen molar-refractivity contribution in [1.29, 1.82) is 0 Å². The molecule has 1 heterocycles. The van der Waals surface area contributed by atoms with Gasteiger partial charge in [0.15, 0.2) is 5.11 Å². The molecule has 0 aliphatic carbocycles. The highest BCUT2D eigenvalue weighted by molar-refractivity contribution is 7.80. The zero-order chi connectivity index (χ0) is 18.4. The van der Waals surface area contributed by atoms with Crippen LogP contribution in [0.15, 0.2) is 24.3 Å². The molecule has 3 N–H and O–H groups in total. The van der Waals surface area contributed by atoms with Crippen LogP contribution in [0.4, 0.5) is 5.69 Å². The molecule has 1 aliphatic rings. The van der Waals surface area contributed by atoms with Crippen LogP contribution in [-0.2, 0) is 9.53 Å². The molecule has 2 amide bonds. The number of anilines is 1. The summed E-state index contributed by atoms with van der Waals surface area (Å²) < 4.78 is 5.51. The minimum absolute atomic E-state index is 0.0798. The lowest BCUT2D eigenvalue weighted by molar-refractivity contribution is -0.126. The Morgan fingerprint density at radius 1 is 1.28 bits per heavy atom. The quantitative estimate of drug-likeness (QED) is 0.716. The van der Waals surface area contributed by atoms with Crippen molar-refractivity contribution in [3.63, 3.8) is 0 Å². The van der Waals surface area contributed by atoms with E-state index in [0.29, 0.717) is 17.8 Å². The lowest BCUT2D eigenvalue weighted by Gasteiger charge is -2.19. The fourth-order valence-corrected chi connectivity index (χ4v) is 2.54. The topological polar surface area (TPSA) is 79.5 Å². The molecule has 25 heavy (non-hydrogen) atoms. The van der Waals surface area contributed by atoms with Gasteiger partial charge in [-0.05, 0) is 37.2 Å². The number of benzene rings is 1. The fraction of sp³-hybridized carbons (Fsp3) is 0.500. The smallest absolute Gasteiger partial charge is 0.253 e. The molecular weight excluding hydrogens is 338 g/mol. The van der Waals surface area contributed by atoms with Crippen LogP contribution in [0.25, 0.3) is 0 Å². The third-order valence-electron chi connectivity index (χ3n) is 3.84. The van der Waals surface area contributed by atoms with Gasteiger partial charge in [0.2, 0.25) is 5.91 Å². The molecule has 6 nitrogen and oxygen atoms in total. The first-order valence-electron chi connectivity index (χ1n) is 8.38. The molecule has 1 aromatic carbocycles. The number of hydrogen-bond donors (Lipinski definition) is 3. The summed E-state index contributed by atoms with van der Waals surface area (Å²) in [6.45, 7) is 6.64. The van der Waals surface area contributed by atoms with E-state index in [1.165, 1.54) is 0 Å². The highest BCUT2D eigenvalue weighted by Gasteiger charge is 2.23. The lowest BCUT2D eigenvalue weighted by atomic mass is 9.96. The summed E-state index contributed by atoms with van der Waals surface area (Å²) in [4.78, 5) is 24.4. The monoisotopic (exact) mass is 363 g/mol. The molecule has 1 aliphatic heterocycles. The zero-order valence-electron chi connectivity index (χ0n) is 14.8. The molecule has 0 spiro atoms. The van der Waals surface area contributed by atoms with Gasteiger partial charge in [-0.15, -0.1) is 0 Å². The summed E-state index contributed by atoms with van der Waals surface area (Å²) >= 11 is 5.18. The maximum atomic E-state index is 12.4. The molecule has 136 valence electrons. The van der Waals surface area contributed by atoms with Crippen molar-refractivity contribution < 1.29 is 14.3 Å². The lowest BCUT2D eigenvalue weighted by Crippen LogP contribution is -2.41. The third-order valence-corrected chi connectivity index (χ3v) is 4.05. The first kappa shape index (κ1) is 19.3. The molecule has 0 bridgehead atoms. The van der Waals surface area contributed by atoms with E-state index in [-0.39, 0.29) is 23.0 Å². The van der Waals surface area contributed by atoms with E-state index in [1.807, 2.05) is 0 Å². The van der Waals surface area contributed by atoms with Crippen LogP contribution in [0.2, 0.25) is 0 Å². The van der Waals surface area contributed by atoms with E-state index in [0.717, 1.165) is 19.4 Å². The number of nitrogens with one attached hydrogen (secondary N) is 3. The van der Waals surface area contributed by atoms with E-state index >= 15 is 0 Å². The Balaban J connectivity index is 1.98. The van der Waals surface area contributed by atoms with E-state index in [9.17, 15) is 9.59 Å². The highest BCUT2D eigenvalue weighted by Crippen LogP contribution is 2.17. The summed E-state index contributed by atoms with van der Waals surface area (Å²) in [5.41, 5.74) is 0.462. The SMILES string of the molecule is CC(C)(C)C(=O)NC(=S)Nc1ccccc1C(=O)NCC1CCCO1. The zero-order valence-corrected chi connectivity index (χ0v) is 15.7. The van der Waals surface area contributed by atoms with Crippen LogP contribution in [0.5, 0.6) is 0 Å². The Hall–Kier alpha value is -1.99. The summed E-state index contributed by atoms with van der Waals surface area (Å²) in [5.74, 6) is -0.395. The van der Waals surface area contributed by atoms with Crippen molar-refractivity contribution in [3.8, 4) is 0 Å². The second-order valence-corrected chi connectivity index (χ2v) is 7.46. The highest BCUT2D eigenvalue weighted by atomic mass is 32.1. The predicted octanol–water partition coefficient (Wildman–Crippen LogP) is 2.45. The van der Waals surface area contributed by atoms with Gasteiger partial charge in [-0.1, -0.05) is 32.9 Å². The van der Waals surface area contributed by atoms with Gasteiger partial charge in [-0.3, -0.25) is 9.59 Å². The summed E-state index contributed by atoms with van der Waals surface area (Å²) in [6.07, 6.45) is 2.07. The van der Waals surface area contributed by atoms with Gasteiger partial charge in [0.1, 0.15) is 0 Å². The number of amides is 2. The summed E-state index contributed by atoms with van der Waals surface area (Å²) in [6, 6.07) is 7.04. The van der Waals surface area contributed by atoms with E-state index in [2.05, 4.69) is 16.0 Å². The Labute approximate surface area is 153 Å². The minimum atomic E-state index is -0.552. The maximum Gasteiger partial charge on any atom is 0.253 e. The van der Waals surface area contributed by atoms with Crippen molar-refractivity contribution in [1.82, 2.24) is 10.6 Å². The van der Waals surface area contributed by atoms with E-state index < -0.39 is 5.41 Å². The Morgan fingerprint density at radius 2 is 2.00 bits per heavy atom. The number of carbonyl (C=O) groups is 2.